The molecule has 1 aliphatic heterocycles. The van der Waals surface area contributed by atoms with Crippen LogP contribution in [0.1, 0.15) is 44.1 Å². The molecule has 0 bridgehead atoms. The minimum Gasteiger partial charge on any atom is -0.493 e. The Balaban J connectivity index is 2.00. The van der Waals surface area contributed by atoms with Crippen molar-refractivity contribution >= 4 is 6.09 Å². The molecule has 0 N–H and O–H groups in total. The van der Waals surface area contributed by atoms with E-state index in [9.17, 15) is 13.6 Å². The third-order valence-corrected chi connectivity index (χ3v) is 4.18. The Kier molecular flexibility index (Phi) is 6.19. The summed E-state index contributed by atoms with van der Waals surface area (Å²) < 4.78 is 38.1. The van der Waals surface area contributed by atoms with Crippen LogP contribution in [-0.4, -0.2) is 37.8 Å². The van der Waals surface area contributed by atoms with Gasteiger partial charge in [-0.15, -0.1) is 0 Å². The lowest BCUT2D eigenvalue weighted by molar-refractivity contribution is 0.0913. The molecule has 1 heterocycles. The van der Waals surface area contributed by atoms with Gasteiger partial charge in [0.15, 0.2) is 11.6 Å². The molecule has 0 radical (unpaired) electrons. The molecule has 0 spiro atoms. The van der Waals surface area contributed by atoms with Gasteiger partial charge in [0, 0.05) is 18.7 Å². The minimum atomic E-state index is -0.565. The van der Waals surface area contributed by atoms with Gasteiger partial charge in [-0.25, -0.2) is 13.6 Å². The van der Waals surface area contributed by atoms with Gasteiger partial charge in [0.1, 0.15) is 5.82 Å². The third-order valence-electron chi connectivity index (χ3n) is 4.18. The van der Waals surface area contributed by atoms with Crippen LogP contribution in [0.3, 0.4) is 0 Å². The van der Waals surface area contributed by atoms with Crippen molar-refractivity contribution in [1.29, 1.82) is 0 Å². The largest absolute Gasteiger partial charge is 0.493 e. The Morgan fingerprint density at radius 3 is 2.52 bits per heavy atom. The number of carbonyl (C=O) groups is 1. The molecule has 0 saturated carbocycles. The lowest BCUT2D eigenvalue weighted by atomic mass is 9.88. The molecule has 6 heteroatoms. The summed E-state index contributed by atoms with van der Waals surface area (Å²) in [5.41, 5.74) is 0.270. The van der Waals surface area contributed by atoms with Crippen molar-refractivity contribution in [3.63, 3.8) is 0 Å². The molecule has 1 aliphatic rings. The fourth-order valence-corrected chi connectivity index (χ4v) is 2.88. The fraction of sp³-hybridized carbons (Fsp3) is 0.588. The number of carbonyl (C=O) groups excluding carboxylic acids is 1. The summed E-state index contributed by atoms with van der Waals surface area (Å²) in [7, 11) is 1.33. The quantitative estimate of drug-likeness (QED) is 0.765. The van der Waals surface area contributed by atoms with Gasteiger partial charge in [-0.05, 0) is 37.3 Å². The van der Waals surface area contributed by atoms with Crippen LogP contribution < -0.4 is 4.74 Å². The zero-order valence-electron chi connectivity index (χ0n) is 13.6. The predicted octanol–water partition coefficient (Wildman–Crippen LogP) is 4.09. The summed E-state index contributed by atoms with van der Waals surface area (Å²) >= 11 is 0. The van der Waals surface area contributed by atoms with E-state index in [2.05, 4.69) is 0 Å². The van der Waals surface area contributed by atoms with Gasteiger partial charge in [-0.1, -0.05) is 13.3 Å². The molecule has 128 valence electrons. The standard InChI is InChI=1S/C17H23F2NO3/c1-3-4-11-23-17(21)20-9-7-12(8-10-20)15-13(18)5-6-14(19)16(15)22-2/h5-6,12H,3-4,7-11H2,1-2H3. The predicted molar refractivity (Wildman–Crippen MR) is 82.7 cm³/mol. The van der Waals surface area contributed by atoms with Crippen LogP contribution in [0.15, 0.2) is 12.1 Å². The molecule has 1 aromatic carbocycles. The number of nitrogens with zero attached hydrogens (tertiary/aromatic N) is 1. The van der Waals surface area contributed by atoms with E-state index in [0.717, 1.165) is 25.0 Å². The van der Waals surface area contributed by atoms with Gasteiger partial charge >= 0.3 is 6.09 Å². The van der Waals surface area contributed by atoms with Crippen LogP contribution in [0.2, 0.25) is 0 Å². The monoisotopic (exact) mass is 327 g/mol. The average molecular weight is 327 g/mol. The zero-order chi connectivity index (χ0) is 16.8. The number of unbranched alkanes of at least 4 members (excludes halogenated alkanes) is 1. The number of ether oxygens (including phenoxy) is 2. The van der Waals surface area contributed by atoms with Crippen molar-refractivity contribution < 1.29 is 23.0 Å². The van der Waals surface area contributed by atoms with Crippen LogP contribution >= 0.6 is 0 Å². The number of hydrogen-bond donors (Lipinski definition) is 0. The first-order chi connectivity index (χ1) is 11.1. The average Bonchev–Trinajstić information content (AvgIpc) is 2.57. The van der Waals surface area contributed by atoms with E-state index in [0.29, 0.717) is 32.5 Å². The molecule has 0 aromatic heterocycles. The highest BCUT2D eigenvalue weighted by Crippen LogP contribution is 2.37. The SMILES string of the molecule is CCCCOC(=O)N1CCC(c2c(F)ccc(F)c2OC)CC1. The van der Waals surface area contributed by atoms with E-state index in [1.165, 1.54) is 7.11 Å². The van der Waals surface area contributed by atoms with Gasteiger partial charge in [-0.2, -0.15) is 0 Å². The Morgan fingerprint density at radius 1 is 1.26 bits per heavy atom. The van der Waals surface area contributed by atoms with Crippen LogP contribution in [0.5, 0.6) is 5.75 Å². The normalized spacial score (nSPS) is 15.6. The smallest absolute Gasteiger partial charge is 0.409 e. The first-order valence-corrected chi connectivity index (χ1v) is 8.02. The molecule has 1 amide bonds. The first-order valence-electron chi connectivity index (χ1n) is 8.02. The van der Waals surface area contributed by atoms with E-state index in [1.807, 2.05) is 6.92 Å². The van der Waals surface area contributed by atoms with Gasteiger partial charge < -0.3 is 14.4 Å². The molecule has 23 heavy (non-hydrogen) atoms. The van der Waals surface area contributed by atoms with Crippen molar-refractivity contribution in [3.8, 4) is 5.75 Å². The van der Waals surface area contributed by atoms with E-state index in [4.69, 9.17) is 9.47 Å². The second-order valence-corrected chi connectivity index (χ2v) is 5.71. The number of likely N-dealkylation sites (tertiary alicyclic amines) is 1. The number of piperidine rings is 1. The maximum atomic E-state index is 14.1. The molecule has 2 rings (SSSR count). The highest BCUT2D eigenvalue weighted by molar-refractivity contribution is 5.67. The molecule has 1 aromatic rings. The summed E-state index contributed by atoms with van der Waals surface area (Å²) in [5.74, 6) is -1.23. The number of amides is 1. The summed E-state index contributed by atoms with van der Waals surface area (Å²) in [4.78, 5) is 13.5. The maximum Gasteiger partial charge on any atom is 0.409 e. The molecular weight excluding hydrogens is 304 g/mol. The summed E-state index contributed by atoms with van der Waals surface area (Å²) in [6.45, 7) is 3.38. The Bertz CT molecular complexity index is 543. The van der Waals surface area contributed by atoms with E-state index < -0.39 is 11.6 Å². The van der Waals surface area contributed by atoms with Crippen LogP contribution in [0.4, 0.5) is 13.6 Å². The van der Waals surface area contributed by atoms with Crippen LogP contribution in [-0.2, 0) is 4.74 Å². The molecule has 0 atom stereocenters. The second kappa shape index (κ2) is 8.13. The second-order valence-electron chi connectivity index (χ2n) is 5.71. The maximum absolute atomic E-state index is 14.1. The highest BCUT2D eigenvalue weighted by Gasteiger charge is 2.29. The van der Waals surface area contributed by atoms with Crippen LogP contribution in [0.25, 0.3) is 0 Å². The molecule has 0 unspecified atom stereocenters. The molecule has 1 saturated heterocycles. The van der Waals surface area contributed by atoms with Crippen LogP contribution in [0, 0.1) is 11.6 Å². The lowest BCUT2D eigenvalue weighted by Crippen LogP contribution is -2.38. The lowest BCUT2D eigenvalue weighted by Gasteiger charge is -2.32. The number of halogens is 2. The Morgan fingerprint density at radius 2 is 1.91 bits per heavy atom. The first kappa shape index (κ1) is 17.5. The number of rotatable bonds is 5. The minimum absolute atomic E-state index is 0.0334. The molecule has 0 aliphatic carbocycles. The zero-order valence-corrected chi connectivity index (χ0v) is 13.6. The number of methoxy groups -OCH3 is 1. The Labute approximate surface area is 135 Å². The number of benzene rings is 1. The van der Waals surface area contributed by atoms with Crippen molar-refractivity contribution in [3.05, 3.63) is 29.3 Å². The summed E-state index contributed by atoms with van der Waals surface area (Å²) in [6.07, 6.45) is 2.59. The van der Waals surface area contributed by atoms with Crippen molar-refractivity contribution in [2.45, 2.75) is 38.5 Å². The molecule has 4 nitrogen and oxygen atoms in total. The van der Waals surface area contributed by atoms with Gasteiger partial charge in [-0.3, -0.25) is 0 Å². The van der Waals surface area contributed by atoms with E-state index in [1.54, 1.807) is 4.90 Å². The van der Waals surface area contributed by atoms with Crippen molar-refractivity contribution in [1.82, 2.24) is 4.90 Å². The summed E-state index contributed by atoms with van der Waals surface area (Å²) in [6, 6.07) is 2.19. The highest BCUT2D eigenvalue weighted by atomic mass is 19.1. The fourth-order valence-electron chi connectivity index (χ4n) is 2.88. The van der Waals surface area contributed by atoms with Crippen molar-refractivity contribution in [2.75, 3.05) is 26.8 Å². The Hall–Kier alpha value is -1.85. The number of hydrogen-bond acceptors (Lipinski definition) is 3. The third kappa shape index (κ3) is 4.12. The van der Waals surface area contributed by atoms with Gasteiger partial charge in [0.05, 0.1) is 13.7 Å². The van der Waals surface area contributed by atoms with E-state index in [-0.39, 0.29) is 23.3 Å². The van der Waals surface area contributed by atoms with Gasteiger partial charge in [0.2, 0.25) is 0 Å². The molecule has 1 fully saturated rings. The topological polar surface area (TPSA) is 38.8 Å². The summed E-state index contributed by atoms with van der Waals surface area (Å²) in [5, 5.41) is 0. The van der Waals surface area contributed by atoms with Crippen molar-refractivity contribution in [2.24, 2.45) is 0 Å². The van der Waals surface area contributed by atoms with Gasteiger partial charge in [0.25, 0.3) is 0 Å². The van der Waals surface area contributed by atoms with E-state index >= 15 is 0 Å². The molecular formula is C17H23F2NO3.